The van der Waals surface area contributed by atoms with Gasteiger partial charge in [0.05, 0.1) is 25.2 Å². The number of carbonyl (C=O) groups is 2. The van der Waals surface area contributed by atoms with Gasteiger partial charge in [0.2, 0.25) is 0 Å². The molecular formula is C25H27N2O4+. The monoisotopic (exact) mass is 419 g/mol. The van der Waals surface area contributed by atoms with Crippen LogP contribution in [0.3, 0.4) is 0 Å². The fourth-order valence-corrected chi connectivity index (χ4v) is 4.59. The number of pyridine rings is 1. The molecule has 6 heteroatoms. The molecule has 1 aromatic heterocycles. The highest BCUT2D eigenvalue weighted by Gasteiger charge is 2.45. The zero-order valence-electron chi connectivity index (χ0n) is 18.0. The first-order chi connectivity index (χ1) is 15.0. The van der Waals surface area contributed by atoms with Crippen LogP contribution in [0.15, 0.2) is 71.8 Å². The van der Waals surface area contributed by atoms with E-state index in [0.29, 0.717) is 12.0 Å². The van der Waals surface area contributed by atoms with Crippen LogP contribution in [0.5, 0.6) is 5.75 Å². The van der Waals surface area contributed by atoms with Gasteiger partial charge in [-0.3, -0.25) is 4.79 Å². The molecule has 2 N–H and O–H groups in total. The molecule has 1 aromatic carbocycles. The summed E-state index contributed by atoms with van der Waals surface area (Å²) in [4.78, 5) is 29.3. The average molecular weight is 420 g/mol. The molecule has 2 aromatic rings. The standard InChI is InChI=1S/C25H26N2O4/c1-4-31-25(29)22-15(2)27-20-13-18(16-5-7-19(30-3)8-6-16)14-21(28)24(20)23(22)17-9-11-26-12-10-17/h5-13,18,23-24,27H,4,14H2,1-3H3/p+1. The molecule has 31 heavy (non-hydrogen) atoms. The van der Waals surface area contributed by atoms with Crippen LogP contribution >= 0.6 is 0 Å². The van der Waals surface area contributed by atoms with Gasteiger partial charge in [0.15, 0.2) is 12.4 Å². The Morgan fingerprint density at radius 3 is 2.45 bits per heavy atom. The predicted molar refractivity (Wildman–Crippen MR) is 115 cm³/mol. The Labute approximate surface area is 182 Å². The van der Waals surface area contributed by atoms with E-state index in [9.17, 15) is 9.59 Å². The number of hydrogen-bond donors (Lipinski definition) is 1. The molecular weight excluding hydrogens is 392 g/mol. The fraction of sp³-hybridized carbons (Fsp3) is 0.320. The van der Waals surface area contributed by atoms with Gasteiger partial charge >= 0.3 is 5.97 Å². The van der Waals surface area contributed by atoms with Crippen LogP contribution < -0.4 is 15.0 Å². The number of allylic oxidation sites excluding steroid dienone is 3. The predicted octanol–water partition coefficient (Wildman–Crippen LogP) is 3.29. The summed E-state index contributed by atoms with van der Waals surface area (Å²) in [6.07, 6.45) is 6.13. The van der Waals surface area contributed by atoms with E-state index in [2.05, 4.69) is 16.4 Å². The van der Waals surface area contributed by atoms with Crippen molar-refractivity contribution in [3.05, 3.63) is 83.0 Å². The fourth-order valence-electron chi connectivity index (χ4n) is 4.59. The number of methoxy groups -OCH3 is 1. The van der Waals surface area contributed by atoms with Crippen molar-refractivity contribution < 1.29 is 24.0 Å². The third-order valence-electron chi connectivity index (χ3n) is 6.01. The number of ketones is 1. The maximum atomic E-state index is 13.5. The van der Waals surface area contributed by atoms with Crippen LogP contribution in [0.25, 0.3) is 0 Å². The number of Topliss-reactive ketones (excluding diaryl/α,β-unsaturated/α-hetero) is 1. The summed E-state index contributed by atoms with van der Waals surface area (Å²) >= 11 is 0. The van der Waals surface area contributed by atoms with E-state index in [1.807, 2.05) is 55.7 Å². The molecule has 0 saturated carbocycles. The van der Waals surface area contributed by atoms with E-state index in [1.165, 1.54) is 0 Å². The Morgan fingerprint density at radius 1 is 1.10 bits per heavy atom. The largest absolute Gasteiger partial charge is 0.497 e. The number of benzene rings is 1. The molecule has 2 heterocycles. The molecule has 6 nitrogen and oxygen atoms in total. The molecule has 0 saturated heterocycles. The summed E-state index contributed by atoms with van der Waals surface area (Å²) in [6.45, 7) is 3.94. The normalized spacial score (nSPS) is 22.9. The third-order valence-corrected chi connectivity index (χ3v) is 6.01. The van der Waals surface area contributed by atoms with Crippen LogP contribution in [0.4, 0.5) is 0 Å². The third kappa shape index (κ3) is 3.98. The molecule has 1 aliphatic carbocycles. The van der Waals surface area contributed by atoms with Crippen molar-refractivity contribution in [3.8, 4) is 5.75 Å². The second-order valence-electron chi connectivity index (χ2n) is 7.84. The van der Waals surface area contributed by atoms with Crippen molar-refractivity contribution in [2.45, 2.75) is 32.1 Å². The number of nitrogens with one attached hydrogen (secondary N) is 2. The van der Waals surface area contributed by atoms with Gasteiger partial charge in [-0.25, -0.2) is 9.78 Å². The summed E-state index contributed by atoms with van der Waals surface area (Å²) in [6, 6.07) is 11.6. The van der Waals surface area contributed by atoms with Crippen molar-refractivity contribution >= 4 is 11.8 Å². The summed E-state index contributed by atoms with van der Waals surface area (Å²) in [7, 11) is 1.63. The Balaban J connectivity index is 1.78. The lowest BCUT2D eigenvalue weighted by atomic mass is 9.69. The van der Waals surface area contributed by atoms with Crippen LogP contribution in [0.1, 0.15) is 43.2 Å². The van der Waals surface area contributed by atoms with Gasteiger partial charge < -0.3 is 14.8 Å². The number of H-pyrrole nitrogens is 1. The number of fused-ring (bicyclic) bond motifs is 1. The van der Waals surface area contributed by atoms with Gasteiger partial charge in [-0.05, 0) is 37.1 Å². The van der Waals surface area contributed by atoms with Gasteiger partial charge in [-0.1, -0.05) is 18.2 Å². The van der Waals surface area contributed by atoms with Gasteiger partial charge in [0.1, 0.15) is 11.5 Å². The molecule has 0 bridgehead atoms. The number of hydrogen-bond acceptors (Lipinski definition) is 5. The van der Waals surface area contributed by atoms with Crippen LogP contribution in [0, 0.1) is 5.92 Å². The zero-order chi connectivity index (χ0) is 22.0. The number of esters is 1. The highest BCUT2D eigenvalue weighted by atomic mass is 16.5. The summed E-state index contributed by atoms with van der Waals surface area (Å²) in [5, 5.41) is 3.35. The Bertz CT molecular complexity index is 1040. The molecule has 0 radical (unpaired) electrons. The molecule has 3 unspecified atom stereocenters. The molecule has 0 spiro atoms. The Kier molecular flexibility index (Phi) is 5.89. The van der Waals surface area contributed by atoms with E-state index in [4.69, 9.17) is 9.47 Å². The molecule has 160 valence electrons. The SMILES string of the molecule is CCOC(=O)C1=C(C)NC2=CC(c3ccc(OC)cc3)CC(=O)C2C1c1cc[nH+]cc1. The molecule has 3 atom stereocenters. The lowest BCUT2D eigenvalue weighted by Crippen LogP contribution is -2.42. The van der Waals surface area contributed by atoms with Crippen molar-refractivity contribution in [3.63, 3.8) is 0 Å². The summed E-state index contributed by atoms with van der Waals surface area (Å²) in [5.74, 6) is -0.345. The minimum atomic E-state index is -0.444. The van der Waals surface area contributed by atoms with Gasteiger partial charge in [-0.15, -0.1) is 0 Å². The summed E-state index contributed by atoms with van der Waals surface area (Å²) in [5.41, 5.74) is 4.06. The van der Waals surface area contributed by atoms with E-state index in [1.54, 1.807) is 14.0 Å². The smallest absolute Gasteiger partial charge is 0.336 e. The lowest BCUT2D eigenvalue weighted by Gasteiger charge is -2.39. The van der Waals surface area contributed by atoms with Crippen LogP contribution in [-0.4, -0.2) is 25.5 Å². The quantitative estimate of drug-likeness (QED) is 0.753. The van der Waals surface area contributed by atoms with Crippen molar-refractivity contribution in [1.82, 2.24) is 5.32 Å². The van der Waals surface area contributed by atoms with E-state index < -0.39 is 5.92 Å². The zero-order valence-corrected chi connectivity index (χ0v) is 18.0. The number of rotatable bonds is 5. The van der Waals surface area contributed by atoms with Crippen LogP contribution in [-0.2, 0) is 14.3 Å². The first-order valence-electron chi connectivity index (χ1n) is 10.5. The molecule has 4 rings (SSSR count). The maximum Gasteiger partial charge on any atom is 0.336 e. The second kappa shape index (κ2) is 8.76. The second-order valence-corrected chi connectivity index (χ2v) is 7.84. The van der Waals surface area contributed by atoms with Gasteiger partial charge in [0, 0.05) is 41.8 Å². The first kappa shape index (κ1) is 20.8. The van der Waals surface area contributed by atoms with E-state index in [0.717, 1.165) is 28.3 Å². The lowest BCUT2D eigenvalue weighted by molar-refractivity contribution is -0.378. The molecule has 0 fully saturated rings. The minimum Gasteiger partial charge on any atom is -0.497 e. The molecule has 1 aliphatic heterocycles. The maximum absolute atomic E-state index is 13.5. The molecule has 2 aliphatic rings. The summed E-state index contributed by atoms with van der Waals surface area (Å²) < 4.78 is 10.6. The van der Waals surface area contributed by atoms with E-state index in [-0.39, 0.29) is 30.2 Å². The van der Waals surface area contributed by atoms with Gasteiger partial charge in [0.25, 0.3) is 0 Å². The van der Waals surface area contributed by atoms with Crippen molar-refractivity contribution in [2.24, 2.45) is 5.92 Å². The topological polar surface area (TPSA) is 78.8 Å². The Morgan fingerprint density at radius 2 is 1.81 bits per heavy atom. The average Bonchev–Trinajstić information content (AvgIpc) is 2.78. The van der Waals surface area contributed by atoms with Crippen LogP contribution in [0.2, 0.25) is 0 Å². The molecule has 0 amide bonds. The number of carbonyl (C=O) groups excluding carboxylic acids is 2. The Hall–Kier alpha value is -3.41. The first-order valence-corrected chi connectivity index (χ1v) is 10.5. The van der Waals surface area contributed by atoms with E-state index >= 15 is 0 Å². The highest BCUT2D eigenvalue weighted by Crippen LogP contribution is 2.46. The minimum absolute atomic E-state index is 0.0288. The number of aromatic amines is 1. The highest BCUT2D eigenvalue weighted by molar-refractivity contribution is 5.96. The van der Waals surface area contributed by atoms with Gasteiger partial charge in [-0.2, -0.15) is 0 Å². The number of ether oxygens (including phenoxy) is 2. The van der Waals surface area contributed by atoms with Crippen molar-refractivity contribution in [1.29, 1.82) is 0 Å². The number of aromatic nitrogens is 1. The van der Waals surface area contributed by atoms with Crippen molar-refractivity contribution in [2.75, 3.05) is 13.7 Å².